The first-order valence-corrected chi connectivity index (χ1v) is 7.66. The summed E-state index contributed by atoms with van der Waals surface area (Å²) in [5.74, 6) is -2.56. The number of carbonyl (C=O) groups excluding carboxylic acids is 1. The Labute approximate surface area is 132 Å². The van der Waals surface area contributed by atoms with Gasteiger partial charge in [-0.1, -0.05) is 0 Å². The number of alkyl halides is 2. The summed E-state index contributed by atoms with van der Waals surface area (Å²) in [4.78, 5) is 16.1. The van der Waals surface area contributed by atoms with Crippen LogP contribution in [0.1, 0.15) is 31.2 Å². The van der Waals surface area contributed by atoms with Crippen molar-refractivity contribution in [2.24, 2.45) is 5.92 Å². The van der Waals surface area contributed by atoms with Gasteiger partial charge >= 0.3 is 6.03 Å². The van der Waals surface area contributed by atoms with Gasteiger partial charge in [-0.15, -0.1) is 0 Å². The Kier molecular flexibility index (Phi) is 4.14. The van der Waals surface area contributed by atoms with Gasteiger partial charge in [0.1, 0.15) is 6.33 Å². The molecule has 0 spiro atoms. The molecule has 2 amide bonds. The first-order valence-electron chi connectivity index (χ1n) is 7.66. The number of halogens is 2. The summed E-state index contributed by atoms with van der Waals surface area (Å²) in [6.07, 6.45) is 4.15. The SMILES string of the molecule is Cc1ccn2ncnc2c1NC(=O)NCCC1CCC(F)(F)C1. The Morgan fingerprint density at radius 1 is 1.52 bits per heavy atom. The molecular formula is C15H19F2N5O. The molecule has 0 radical (unpaired) electrons. The Bertz CT molecular complexity index is 715. The molecule has 0 saturated heterocycles. The molecule has 1 aliphatic carbocycles. The first kappa shape index (κ1) is 15.6. The molecule has 3 rings (SSSR count). The number of nitrogens with one attached hydrogen (secondary N) is 2. The minimum atomic E-state index is -2.53. The highest BCUT2D eigenvalue weighted by Gasteiger charge is 2.38. The summed E-state index contributed by atoms with van der Waals surface area (Å²) in [6, 6.07) is 1.46. The van der Waals surface area contributed by atoms with Gasteiger partial charge in [0, 0.05) is 25.6 Å². The molecule has 6 nitrogen and oxygen atoms in total. The number of aromatic nitrogens is 3. The van der Waals surface area contributed by atoms with E-state index >= 15 is 0 Å². The number of fused-ring (bicyclic) bond motifs is 1. The largest absolute Gasteiger partial charge is 0.338 e. The van der Waals surface area contributed by atoms with Crippen molar-refractivity contribution in [1.82, 2.24) is 19.9 Å². The van der Waals surface area contributed by atoms with Crippen LogP contribution in [-0.2, 0) is 0 Å². The van der Waals surface area contributed by atoms with Crippen LogP contribution in [0, 0.1) is 12.8 Å². The van der Waals surface area contributed by atoms with E-state index in [0.29, 0.717) is 30.7 Å². The van der Waals surface area contributed by atoms with Crippen LogP contribution in [0.5, 0.6) is 0 Å². The molecule has 2 N–H and O–H groups in total. The van der Waals surface area contributed by atoms with Crippen molar-refractivity contribution in [3.05, 3.63) is 24.2 Å². The highest BCUT2D eigenvalue weighted by molar-refractivity contribution is 5.94. The summed E-state index contributed by atoms with van der Waals surface area (Å²) in [7, 11) is 0. The fourth-order valence-electron chi connectivity index (χ4n) is 2.97. The van der Waals surface area contributed by atoms with Gasteiger partial charge in [0.05, 0.1) is 5.69 Å². The van der Waals surface area contributed by atoms with Gasteiger partial charge < -0.3 is 10.6 Å². The molecule has 2 aromatic heterocycles. The van der Waals surface area contributed by atoms with Crippen molar-refractivity contribution in [1.29, 1.82) is 0 Å². The van der Waals surface area contributed by atoms with Crippen LogP contribution in [-0.4, -0.2) is 33.1 Å². The van der Waals surface area contributed by atoms with Crippen LogP contribution in [0.3, 0.4) is 0 Å². The number of urea groups is 1. The van der Waals surface area contributed by atoms with Crippen molar-refractivity contribution >= 4 is 17.4 Å². The number of amides is 2. The minimum Gasteiger partial charge on any atom is -0.338 e. The summed E-state index contributed by atoms with van der Waals surface area (Å²) in [5, 5.41) is 9.50. The number of nitrogens with zero attached hydrogens (tertiary/aromatic N) is 3. The smallest absolute Gasteiger partial charge is 0.319 e. The van der Waals surface area contributed by atoms with Crippen LogP contribution in [0.4, 0.5) is 19.3 Å². The number of carbonyl (C=O) groups is 1. The quantitative estimate of drug-likeness (QED) is 0.908. The molecule has 0 aliphatic heterocycles. The van der Waals surface area contributed by atoms with Crippen LogP contribution >= 0.6 is 0 Å². The summed E-state index contributed by atoms with van der Waals surface area (Å²) in [6.45, 7) is 2.24. The molecule has 2 heterocycles. The van der Waals surface area contributed by atoms with E-state index in [2.05, 4.69) is 20.7 Å². The lowest BCUT2D eigenvalue weighted by Gasteiger charge is -2.13. The molecule has 1 atom stereocenters. The molecule has 23 heavy (non-hydrogen) atoms. The zero-order valence-corrected chi connectivity index (χ0v) is 12.9. The Hall–Kier alpha value is -2.25. The van der Waals surface area contributed by atoms with Crippen LogP contribution in [0.2, 0.25) is 0 Å². The molecule has 8 heteroatoms. The molecule has 2 aromatic rings. The summed E-state index contributed by atoms with van der Waals surface area (Å²) < 4.78 is 27.8. The number of aryl methyl sites for hydroxylation is 1. The average molecular weight is 323 g/mol. The molecule has 124 valence electrons. The van der Waals surface area contributed by atoms with Crippen LogP contribution < -0.4 is 10.6 Å². The Morgan fingerprint density at radius 2 is 2.35 bits per heavy atom. The van der Waals surface area contributed by atoms with Gasteiger partial charge in [-0.3, -0.25) is 0 Å². The van der Waals surface area contributed by atoms with Crippen molar-refractivity contribution < 1.29 is 13.6 Å². The van der Waals surface area contributed by atoms with Gasteiger partial charge in [0.2, 0.25) is 5.92 Å². The lowest BCUT2D eigenvalue weighted by molar-refractivity contribution is 0.00478. The van der Waals surface area contributed by atoms with Crippen molar-refractivity contribution in [3.8, 4) is 0 Å². The first-order chi connectivity index (χ1) is 10.9. The lowest BCUT2D eigenvalue weighted by atomic mass is 10.0. The number of anilines is 1. The third-order valence-corrected chi connectivity index (χ3v) is 4.24. The fraction of sp³-hybridized carbons (Fsp3) is 0.533. The number of hydrogen-bond acceptors (Lipinski definition) is 3. The van der Waals surface area contributed by atoms with E-state index in [-0.39, 0.29) is 24.8 Å². The van der Waals surface area contributed by atoms with Crippen LogP contribution in [0.25, 0.3) is 5.65 Å². The summed E-state index contributed by atoms with van der Waals surface area (Å²) in [5.41, 5.74) is 2.03. The van der Waals surface area contributed by atoms with E-state index in [9.17, 15) is 13.6 Å². The number of hydrogen-bond donors (Lipinski definition) is 2. The predicted octanol–water partition coefficient (Wildman–Crippen LogP) is 2.98. The van der Waals surface area contributed by atoms with Gasteiger partial charge in [0.25, 0.3) is 0 Å². The Morgan fingerprint density at radius 3 is 3.09 bits per heavy atom. The molecule has 0 bridgehead atoms. The maximum absolute atomic E-state index is 13.1. The van der Waals surface area contributed by atoms with Crippen molar-refractivity contribution in [2.75, 3.05) is 11.9 Å². The molecule has 0 aromatic carbocycles. The van der Waals surface area contributed by atoms with E-state index in [1.54, 1.807) is 10.7 Å². The van der Waals surface area contributed by atoms with E-state index in [4.69, 9.17) is 0 Å². The molecular weight excluding hydrogens is 304 g/mol. The van der Waals surface area contributed by atoms with Gasteiger partial charge in [-0.25, -0.2) is 23.1 Å². The fourth-order valence-corrected chi connectivity index (χ4v) is 2.97. The third-order valence-electron chi connectivity index (χ3n) is 4.24. The maximum atomic E-state index is 13.1. The zero-order chi connectivity index (χ0) is 16.4. The van der Waals surface area contributed by atoms with Crippen molar-refractivity contribution in [3.63, 3.8) is 0 Å². The number of rotatable bonds is 4. The maximum Gasteiger partial charge on any atom is 0.319 e. The number of pyridine rings is 1. The van der Waals surface area contributed by atoms with E-state index in [1.807, 2.05) is 13.0 Å². The normalized spacial score (nSPS) is 19.9. The second-order valence-corrected chi connectivity index (χ2v) is 6.04. The average Bonchev–Trinajstić information content (AvgIpc) is 3.08. The topological polar surface area (TPSA) is 71.3 Å². The lowest BCUT2D eigenvalue weighted by Crippen LogP contribution is -2.31. The van der Waals surface area contributed by atoms with E-state index in [0.717, 1.165) is 5.56 Å². The minimum absolute atomic E-state index is 0.0213. The van der Waals surface area contributed by atoms with Gasteiger partial charge in [-0.05, 0) is 37.3 Å². The highest BCUT2D eigenvalue weighted by Crippen LogP contribution is 2.40. The van der Waals surface area contributed by atoms with E-state index < -0.39 is 5.92 Å². The molecule has 1 saturated carbocycles. The molecule has 1 fully saturated rings. The predicted molar refractivity (Wildman–Crippen MR) is 81.7 cm³/mol. The molecule has 1 aliphatic rings. The second kappa shape index (κ2) is 6.10. The van der Waals surface area contributed by atoms with Gasteiger partial charge in [-0.2, -0.15) is 5.10 Å². The van der Waals surface area contributed by atoms with E-state index in [1.165, 1.54) is 6.33 Å². The van der Waals surface area contributed by atoms with Crippen LogP contribution in [0.15, 0.2) is 18.6 Å². The Balaban J connectivity index is 1.53. The standard InChI is InChI=1S/C15H19F2N5O/c1-10-4-7-22-13(19-9-20-22)12(10)21-14(23)18-6-3-11-2-5-15(16,17)8-11/h4,7,9,11H,2-3,5-6,8H2,1H3,(H2,18,21,23). The molecule has 1 unspecified atom stereocenters. The third kappa shape index (κ3) is 3.57. The zero-order valence-electron chi connectivity index (χ0n) is 12.9. The second-order valence-electron chi connectivity index (χ2n) is 6.04. The highest BCUT2D eigenvalue weighted by atomic mass is 19.3. The van der Waals surface area contributed by atoms with Gasteiger partial charge in [0.15, 0.2) is 5.65 Å². The monoisotopic (exact) mass is 323 g/mol. The summed E-state index contributed by atoms with van der Waals surface area (Å²) >= 11 is 0. The van der Waals surface area contributed by atoms with Crippen molar-refractivity contribution in [2.45, 2.75) is 38.5 Å².